The van der Waals surface area contributed by atoms with Crippen molar-refractivity contribution in [2.24, 2.45) is 5.92 Å². The van der Waals surface area contributed by atoms with Crippen LogP contribution >= 0.6 is 0 Å². The standard InChI is InChI=1S/C8H19N.2C2H6/c1-5-6-8(2)7-9(3)4;2*1-2/h8H,5-7H2,1-4H3;2*1-2H3. The molecule has 0 amide bonds. The molecule has 13 heavy (non-hydrogen) atoms. The highest BCUT2D eigenvalue weighted by Gasteiger charge is 1.99. The van der Waals surface area contributed by atoms with Crippen molar-refractivity contribution < 1.29 is 0 Å². The van der Waals surface area contributed by atoms with Gasteiger partial charge in [0.05, 0.1) is 0 Å². The van der Waals surface area contributed by atoms with Gasteiger partial charge in [-0.1, -0.05) is 48.0 Å². The number of hydrogen-bond acceptors (Lipinski definition) is 1. The Hall–Kier alpha value is -0.0400. The highest BCUT2D eigenvalue weighted by Crippen LogP contribution is 2.04. The molecule has 0 saturated carbocycles. The lowest BCUT2D eigenvalue weighted by atomic mass is 10.1. The summed E-state index contributed by atoms with van der Waals surface area (Å²) in [5.41, 5.74) is 0. The zero-order valence-electron chi connectivity index (χ0n) is 11.1. The normalized spacial score (nSPS) is 10.8. The minimum absolute atomic E-state index is 0.866. The van der Waals surface area contributed by atoms with E-state index in [0.29, 0.717) is 0 Å². The van der Waals surface area contributed by atoms with Crippen LogP contribution in [0, 0.1) is 5.92 Å². The first-order valence-electron chi connectivity index (χ1n) is 5.81. The molecule has 0 spiro atoms. The van der Waals surface area contributed by atoms with Gasteiger partial charge in [-0.2, -0.15) is 0 Å². The molecule has 0 rings (SSSR count). The lowest BCUT2D eigenvalue weighted by Crippen LogP contribution is -2.19. The van der Waals surface area contributed by atoms with Gasteiger partial charge >= 0.3 is 0 Å². The van der Waals surface area contributed by atoms with E-state index >= 15 is 0 Å². The van der Waals surface area contributed by atoms with Crippen LogP contribution in [0.25, 0.3) is 0 Å². The van der Waals surface area contributed by atoms with Crippen LogP contribution in [0.15, 0.2) is 0 Å². The van der Waals surface area contributed by atoms with Gasteiger partial charge in [-0.3, -0.25) is 0 Å². The summed E-state index contributed by atoms with van der Waals surface area (Å²) in [5, 5.41) is 0. The Balaban J connectivity index is -0.000000218. The minimum Gasteiger partial charge on any atom is -0.309 e. The van der Waals surface area contributed by atoms with Crippen molar-refractivity contribution in [2.75, 3.05) is 20.6 Å². The van der Waals surface area contributed by atoms with E-state index < -0.39 is 0 Å². The third-order valence-electron chi connectivity index (χ3n) is 1.46. The van der Waals surface area contributed by atoms with Gasteiger partial charge in [-0.05, 0) is 26.4 Å². The predicted octanol–water partition coefficient (Wildman–Crippen LogP) is 4.04. The van der Waals surface area contributed by atoms with Gasteiger partial charge in [0.25, 0.3) is 0 Å². The highest BCUT2D eigenvalue weighted by molar-refractivity contribution is 4.54. The van der Waals surface area contributed by atoms with Gasteiger partial charge in [0.2, 0.25) is 0 Å². The molecule has 0 N–H and O–H groups in total. The summed E-state index contributed by atoms with van der Waals surface area (Å²) in [5.74, 6) is 0.866. The van der Waals surface area contributed by atoms with E-state index in [1.807, 2.05) is 27.7 Å². The van der Waals surface area contributed by atoms with E-state index in [2.05, 4.69) is 32.8 Å². The maximum atomic E-state index is 2.31. The van der Waals surface area contributed by atoms with Crippen molar-refractivity contribution in [3.8, 4) is 0 Å². The molecule has 1 atom stereocenters. The van der Waals surface area contributed by atoms with E-state index in [0.717, 1.165) is 5.92 Å². The second-order valence-electron chi connectivity index (χ2n) is 3.16. The van der Waals surface area contributed by atoms with Crippen molar-refractivity contribution in [3.05, 3.63) is 0 Å². The van der Waals surface area contributed by atoms with Gasteiger partial charge in [-0.15, -0.1) is 0 Å². The van der Waals surface area contributed by atoms with E-state index in [-0.39, 0.29) is 0 Å². The molecular formula is C12H31N. The van der Waals surface area contributed by atoms with Gasteiger partial charge in [-0.25, -0.2) is 0 Å². The minimum atomic E-state index is 0.866. The molecule has 0 bridgehead atoms. The van der Waals surface area contributed by atoms with Crippen LogP contribution in [0.4, 0.5) is 0 Å². The third-order valence-corrected chi connectivity index (χ3v) is 1.46. The molecule has 0 radical (unpaired) electrons. The molecule has 0 aliphatic rings. The Bertz CT molecular complexity index is 60.1. The Morgan fingerprint density at radius 3 is 1.62 bits per heavy atom. The first-order chi connectivity index (χ1) is 6.16. The van der Waals surface area contributed by atoms with Gasteiger partial charge < -0.3 is 4.90 Å². The summed E-state index contributed by atoms with van der Waals surface area (Å²) in [7, 11) is 4.26. The van der Waals surface area contributed by atoms with Gasteiger partial charge in [0, 0.05) is 6.54 Å². The van der Waals surface area contributed by atoms with Crippen molar-refractivity contribution in [1.82, 2.24) is 4.90 Å². The molecule has 0 aromatic carbocycles. The second-order valence-corrected chi connectivity index (χ2v) is 3.16. The fraction of sp³-hybridized carbons (Fsp3) is 1.00. The van der Waals surface area contributed by atoms with Gasteiger partial charge in [0.15, 0.2) is 0 Å². The van der Waals surface area contributed by atoms with Crippen LogP contribution in [-0.4, -0.2) is 25.5 Å². The van der Waals surface area contributed by atoms with Crippen molar-refractivity contribution >= 4 is 0 Å². The number of rotatable bonds is 4. The Morgan fingerprint density at radius 1 is 1.00 bits per heavy atom. The largest absolute Gasteiger partial charge is 0.309 e. The second kappa shape index (κ2) is 17.9. The van der Waals surface area contributed by atoms with Crippen LogP contribution in [-0.2, 0) is 0 Å². The molecule has 0 aromatic heterocycles. The summed E-state index contributed by atoms with van der Waals surface area (Å²) >= 11 is 0. The summed E-state index contributed by atoms with van der Waals surface area (Å²) in [6.07, 6.45) is 2.67. The Kier molecular flexibility index (Phi) is 25.7. The fourth-order valence-corrected chi connectivity index (χ4v) is 1.21. The van der Waals surface area contributed by atoms with Crippen molar-refractivity contribution in [2.45, 2.75) is 54.4 Å². The quantitative estimate of drug-likeness (QED) is 0.645. The first-order valence-corrected chi connectivity index (χ1v) is 5.81. The average Bonchev–Trinajstić information content (AvgIpc) is 2.10. The zero-order valence-corrected chi connectivity index (χ0v) is 11.1. The number of nitrogens with zero attached hydrogens (tertiary/aromatic N) is 1. The monoisotopic (exact) mass is 189 g/mol. The van der Waals surface area contributed by atoms with Crippen LogP contribution in [0.3, 0.4) is 0 Å². The molecule has 0 fully saturated rings. The lowest BCUT2D eigenvalue weighted by Gasteiger charge is -2.15. The summed E-state index contributed by atoms with van der Waals surface area (Å²) < 4.78 is 0. The summed E-state index contributed by atoms with van der Waals surface area (Å²) in [6, 6.07) is 0. The van der Waals surface area contributed by atoms with Crippen LogP contribution in [0.2, 0.25) is 0 Å². The van der Waals surface area contributed by atoms with E-state index in [1.165, 1.54) is 19.4 Å². The molecule has 0 aliphatic heterocycles. The molecule has 0 aromatic rings. The molecule has 1 unspecified atom stereocenters. The third kappa shape index (κ3) is 24.5. The van der Waals surface area contributed by atoms with Crippen LogP contribution < -0.4 is 0 Å². The molecule has 0 aliphatic carbocycles. The molecule has 0 saturated heterocycles. The van der Waals surface area contributed by atoms with E-state index in [1.54, 1.807) is 0 Å². The topological polar surface area (TPSA) is 3.24 Å². The molecule has 1 nitrogen and oxygen atoms in total. The molecule has 1 heteroatoms. The van der Waals surface area contributed by atoms with E-state index in [9.17, 15) is 0 Å². The smallest absolute Gasteiger partial charge is 0.0000918 e. The Morgan fingerprint density at radius 2 is 1.38 bits per heavy atom. The average molecular weight is 189 g/mol. The molecule has 84 valence electrons. The molecule has 0 heterocycles. The molecular weight excluding hydrogens is 158 g/mol. The summed E-state index contributed by atoms with van der Waals surface area (Å²) in [4.78, 5) is 2.25. The Labute approximate surface area is 86.5 Å². The van der Waals surface area contributed by atoms with Gasteiger partial charge in [0.1, 0.15) is 0 Å². The van der Waals surface area contributed by atoms with Crippen molar-refractivity contribution in [3.63, 3.8) is 0 Å². The first kappa shape index (κ1) is 18.7. The predicted molar refractivity (Wildman–Crippen MR) is 65.3 cm³/mol. The van der Waals surface area contributed by atoms with Crippen LogP contribution in [0.5, 0.6) is 0 Å². The van der Waals surface area contributed by atoms with E-state index in [4.69, 9.17) is 0 Å². The summed E-state index contributed by atoms with van der Waals surface area (Å²) in [6.45, 7) is 13.8. The highest BCUT2D eigenvalue weighted by atomic mass is 15.1. The van der Waals surface area contributed by atoms with Crippen LogP contribution in [0.1, 0.15) is 54.4 Å². The lowest BCUT2D eigenvalue weighted by molar-refractivity contribution is 0.326. The SMILES string of the molecule is CC.CC.CCCC(C)CN(C)C. The maximum absolute atomic E-state index is 2.31. The maximum Gasteiger partial charge on any atom is 0.0000918 e. The van der Waals surface area contributed by atoms with Crippen molar-refractivity contribution in [1.29, 1.82) is 0 Å². The zero-order chi connectivity index (χ0) is 11.3. The number of hydrogen-bond donors (Lipinski definition) is 0. The fourth-order valence-electron chi connectivity index (χ4n) is 1.21.